The quantitative estimate of drug-likeness (QED) is 0.857. The van der Waals surface area contributed by atoms with Crippen molar-refractivity contribution in [3.8, 4) is 23.4 Å². The van der Waals surface area contributed by atoms with E-state index in [1.807, 2.05) is 25.1 Å². The maximum atomic E-state index is 9.77. The van der Waals surface area contributed by atoms with Gasteiger partial charge in [-0.1, -0.05) is 26.8 Å². The van der Waals surface area contributed by atoms with Gasteiger partial charge in [0.15, 0.2) is 11.5 Å². The van der Waals surface area contributed by atoms with Crippen LogP contribution in [0.4, 0.5) is 0 Å². The molecule has 0 fully saturated rings. The highest BCUT2D eigenvalue weighted by Gasteiger charge is 2.38. The summed E-state index contributed by atoms with van der Waals surface area (Å²) in [6.45, 7) is 8.63. The SMILES string of the molecule is CCOc1cc([C@@H]2C(C#N)=C(N)Oc3n[nH]c(C(C)(C)C)c32)ccc1OC. The molecule has 1 atom stereocenters. The Morgan fingerprint density at radius 3 is 2.67 bits per heavy atom. The maximum absolute atomic E-state index is 9.77. The monoisotopic (exact) mass is 368 g/mol. The van der Waals surface area contributed by atoms with Crippen LogP contribution in [0.1, 0.15) is 50.4 Å². The summed E-state index contributed by atoms with van der Waals surface area (Å²) in [5.41, 5.74) is 8.74. The van der Waals surface area contributed by atoms with Gasteiger partial charge in [-0.25, -0.2) is 0 Å². The minimum atomic E-state index is -0.406. The van der Waals surface area contributed by atoms with Gasteiger partial charge in [-0.15, -0.1) is 5.10 Å². The third-order valence-corrected chi connectivity index (χ3v) is 4.51. The first-order valence-corrected chi connectivity index (χ1v) is 8.78. The fourth-order valence-corrected chi connectivity index (χ4v) is 3.29. The fraction of sp³-hybridized carbons (Fsp3) is 0.400. The van der Waals surface area contributed by atoms with Gasteiger partial charge in [0, 0.05) is 11.1 Å². The normalized spacial score (nSPS) is 16.4. The molecule has 7 heteroatoms. The lowest BCUT2D eigenvalue weighted by Gasteiger charge is -2.27. The molecule has 0 spiro atoms. The second kappa shape index (κ2) is 6.88. The van der Waals surface area contributed by atoms with Crippen LogP contribution < -0.4 is 19.9 Å². The number of H-pyrrole nitrogens is 1. The first-order chi connectivity index (χ1) is 12.8. The van der Waals surface area contributed by atoms with Crippen LogP contribution in [0.5, 0.6) is 17.4 Å². The summed E-state index contributed by atoms with van der Waals surface area (Å²) >= 11 is 0. The number of rotatable bonds is 4. The Labute approximate surface area is 158 Å². The molecule has 142 valence electrons. The molecule has 0 radical (unpaired) electrons. The molecule has 1 aromatic heterocycles. The molecule has 3 rings (SSSR count). The lowest BCUT2D eigenvalue weighted by molar-refractivity contribution is 0.310. The number of methoxy groups -OCH3 is 1. The van der Waals surface area contributed by atoms with E-state index in [1.165, 1.54) is 0 Å². The number of nitrogens with one attached hydrogen (secondary N) is 1. The van der Waals surface area contributed by atoms with Gasteiger partial charge in [0.2, 0.25) is 11.8 Å². The zero-order valence-electron chi connectivity index (χ0n) is 16.2. The molecule has 0 amide bonds. The number of nitrogens with zero attached hydrogens (tertiary/aromatic N) is 2. The minimum Gasteiger partial charge on any atom is -0.493 e. The lowest BCUT2D eigenvalue weighted by Crippen LogP contribution is -2.24. The summed E-state index contributed by atoms with van der Waals surface area (Å²) < 4.78 is 16.7. The Morgan fingerprint density at radius 2 is 2.07 bits per heavy atom. The number of allylic oxidation sites excluding steroid dienone is 1. The van der Waals surface area contributed by atoms with E-state index in [0.29, 0.717) is 29.6 Å². The Hall–Kier alpha value is -3.14. The fourth-order valence-electron chi connectivity index (χ4n) is 3.29. The molecule has 0 aliphatic carbocycles. The highest BCUT2D eigenvalue weighted by molar-refractivity contribution is 5.58. The minimum absolute atomic E-state index is 0.0655. The molecule has 3 N–H and O–H groups in total. The highest BCUT2D eigenvalue weighted by Crippen LogP contribution is 2.46. The number of aromatic amines is 1. The van der Waals surface area contributed by atoms with E-state index in [9.17, 15) is 5.26 Å². The number of aromatic nitrogens is 2. The van der Waals surface area contributed by atoms with Gasteiger partial charge in [-0.3, -0.25) is 5.10 Å². The summed E-state index contributed by atoms with van der Waals surface area (Å²) in [5.74, 6) is 1.30. The molecule has 2 heterocycles. The van der Waals surface area contributed by atoms with E-state index in [-0.39, 0.29) is 11.3 Å². The number of ether oxygens (including phenoxy) is 3. The van der Waals surface area contributed by atoms with Crippen LogP contribution in [0.2, 0.25) is 0 Å². The van der Waals surface area contributed by atoms with Crippen molar-refractivity contribution in [2.45, 2.75) is 39.0 Å². The zero-order valence-corrected chi connectivity index (χ0v) is 16.2. The van der Waals surface area contributed by atoms with Crippen LogP contribution in [0.25, 0.3) is 0 Å². The number of fused-ring (bicyclic) bond motifs is 1. The third kappa shape index (κ3) is 3.19. The molecular formula is C20H24N4O3. The Kier molecular flexibility index (Phi) is 4.75. The summed E-state index contributed by atoms with van der Waals surface area (Å²) in [7, 11) is 1.59. The number of benzene rings is 1. The number of nitrogens with two attached hydrogens (primary N) is 1. The summed E-state index contributed by atoms with van der Waals surface area (Å²) in [5, 5.41) is 17.1. The van der Waals surface area contributed by atoms with Crippen molar-refractivity contribution >= 4 is 0 Å². The van der Waals surface area contributed by atoms with Gasteiger partial charge in [0.1, 0.15) is 11.6 Å². The molecule has 0 bridgehead atoms. The predicted molar refractivity (Wildman–Crippen MR) is 101 cm³/mol. The molecule has 1 aliphatic heterocycles. The second-order valence-corrected chi connectivity index (χ2v) is 7.34. The first kappa shape index (κ1) is 18.6. The largest absolute Gasteiger partial charge is 0.493 e. The van der Waals surface area contributed by atoms with Crippen molar-refractivity contribution in [2.75, 3.05) is 13.7 Å². The first-order valence-electron chi connectivity index (χ1n) is 8.78. The van der Waals surface area contributed by atoms with E-state index in [2.05, 4.69) is 37.0 Å². The molecule has 27 heavy (non-hydrogen) atoms. The van der Waals surface area contributed by atoms with Crippen LogP contribution in [0.15, 0.2) is 29.7 Å². The molecule has 0 saturated carbocycles. The van der Waals surface area contributed by atoms with Gasteiger partial charge in [0.25, 0.3) is 0 Å². The standard InChI is InChI=1S/C20H24N4O3/c1-6-26-14-9-11(7-8-13(14)25-5)15-12(10-21)18(22)27-19-16(15)17(23-24-19)20(2,3)4/h7-9,15H,6,22H2,1-5H3,(H,23,24)/t15-/m1/s1. The number of hydrogen-bond acceptors (Lipinski definition) is 6. The van der Waals surface area contributed by atoms with E-state index < -0.39 is 5.92 Å². The van der Waals surface area contributed by atoms with Crippen molar-refractivity contribution in [1.82, 2.24) is 10.2 Å². The Balaban J connectivity index is 2.24. The number of nitriles is 1. The molecule has 0 saturated heterocycles. The van der Waals surface area contributed by atoms with Crippen LogP contribution in [-0.4, -0.2) is 23.9 Å². The van der Waals surface area contributed by atoms with E-state index in [1.54, 1.807) is 7.11 Å². The summed E-state index contributed by atoms with van der Waals surface area (Å²) in [4.78, 5) is 0. The van der Waals surface area contributed by atoms with Crippen LogP contribution in [0.3, 0.4) is 0 Å². The lowest BCUT2D eigenvalue weighted by atomic mass is 9.79. The van der Waals surface area contributed by atoms with Gasteiger partial charge in [0.05, 0.1) is 25.2 Å². The highest BCUT2D eigenvalue weighted by atomic mass is 16.5. The molecule has 2 aromatic rings. The smallest absolute Gasteiger partial charge is 0.244 e. The molecule has 1 aromatic carbocycles. The second-order valence-electron chi connectivity index (χ2n) is 7.34. The predicted octanol–water partition coefficient (Wildman–Crippen LogP) is 3.33. The van der Waals surface area contributed by atoms with Gasteiger partial charge in [-0.05, 0) is 24.6 Å². The van der Waals surface area contributed by atoms with E-state index in [4.69, 9.17) is 19.9 Å². The van der Waals surface area contributed by atoms with Crippen LogP contribution in [0, 0.1) is 11.3 Å². The third-order valence-electron chi connectivity index (χ3n) is 4.51. The summed E-state index contributed by atoms with van der Waals surface area (Å²) in [6.07, 6.45) is 0. The van der Waals surface area contributed by atoms with Crippen LogP contribution in [-0.2, 0) is 5.41 Å². The molecule has 7 nitrogen and oxygen atoms in total. The average Bonchev–Trinajstić information content (AvgIpc) is 3.04. The van der Waals surface area contributed by atoms with E-state index in [0.717, 1.165) is 16.8 Å². The summed E-state index contributed by atoms with van der Waals surface area (Å²) in [6, 6.07) is 7.83. The average molecular weight is 368 g/mol. The molecule has 0 unspecified atom stereocenters. The molecular weight excluding hydrogens is 344 g/mol. The van der Waals surface area contributed by atoms with Crippen molar-refractivity contribution < 1.29 is 14.2 Å². The topological polar surface area (TPSA) is 106 Å². The van der Waals surface area contributed by atoms with Crippen LogP contribution >= 0.6 is 0 Å². The maximum Gasteiger partial charge on any atom is 0.244 e. The number of hydrogen-bond donors (Lipinski definition) is 2. The van der Waals surface area contributed by atoms with Crippen molar-refractivity contribution in [1.29, 1.82) is 5.26 Å². The van der Waals surface area contributed by atoms with Gasteiger partial charge < -0.3 is 19.9 Å². The Bertz CT molecular complexity index is 932. The zero-order chi connectivity index (χ0) is 19.8. The van der Waals surface area contributed by atoms with Crippen molar-refractivity contribution in [3.63, 3.8) is 0 Å². The van der Waals surface area contributed by atoms with E-state index >= 15 is 0 Å². The van der Waals surface area contributed by atoms with Crippen molar-refractivity contribution in [3.05, 3.63) is 46.5 Å². The van der Waals surface area contributed by atoms with Gasteiger partial charge >= 0.3 is 0 Å². The van der Waals surface area contributed by atoms with Crippen molar-refractivity contribution in [2.24, 2.45) is 5.73 Å². The Morgan fingerprint density at radius 1 is 1.33 bits per heavy atom. The molecule has 1 aliphatic rings. The van der Waals surface area contributed by atoms with Gasteiger partial charge in [-0.2, -0.15) is 5.26 Å².